The molecular formula is C81H143NO16P2. The molecule has 0 radical (unpaired) electrons. The lowest BCUT2D eigenvalue weighted by molar-refractivity contribution is -0.161. The zero-order valence-electron chi connectivity index (χ0n) is 63.2. The molecule has 4 N–H and O–H groups in total. The van der Waals surface area contributed by atoms with E-state index in [-0.39, 0.29) is 38.2 Å². The average Bonchev–Trinajstić information content (AvgIpc) is 1.25. The van der Waals surface area contributed by atoms with Gasteiger partial charge in [-0.15, -0.1) is 0 Å². The van der Waals surface area contributed by atoms with E-state index in [4.69, 9.17) is 32.3 Å². The fourth-order valence-electron chi connectivity index (χ4n) is 10.5. The van der Waals surface area contributed by atoms with E-state index in [1.807, 2.05) is 0 Å². The molecule has 19 heteroatoms. The summed E-state index contributed by atoms with van der Waals surface area (Å²) in [5.74, 6) is -1.95. The topological polar surface area (TPSA) is 240 Å². The monoisotopic (exact) mass is 1450 g/mol. The second kappa shape index (κ2) is 73.3. The van der Waals surface area contributed by atoms with Gasteiger partial charge in [0.25, 0.3) is 0 Å². The summed E-state index contributed by atoms with van der Waals surface area (Å²) in [6, 6.07) is -1.02. The Morgan fingerprint density at radius 1 is 0.320 bits per heavy atom. The first-order chi connectivity index (χ1) is 48.7. The van der Waals surface area contributed by atoms with Crippen molar-refractivity contribution in [1.29, 1.82) is 0 Å². The quantitative estimate of drug-likeness (QED) is 0.0146. The van der Waals surface area contributed by atoms with Crippen LogP contribution in [0.2, 0.25) is 0 Å². The molecule has 0 rings (SSSR count). The SMILES string of the molecule is CCCCCCC=CCC=CCCCCCCC(=O)NC(COC(=O)CCCCCCC=CCC=CCCCCCC)COP(=O)(O)OCC(O)COP(=O)(O)OCC(COC(=O)CCCCCCC=CCC=CCCCCCC)OC(=O)CCCCCCC=CCC=CCCCCCC. The van der Waals surface area contributed by atoms with E-state index in [0.29, 0.717) is 25.7 Å². The number of carbonyl (C=O) groups is 4. The molecule has 0 aromatic rings. The minimum Gasteiger partial charge on any atom is -0.463 e. The number of amides is 1. The Bertz CT molecular complexity index is 2130. The summed E-state index contributed by atoms with van der Waals surface area (Å²) in [4.78, 5) is 73.1. The lowest BCUT2D eigenvalue weighted by Crippen LogP contribution is -2.42. The predicted octanol–water partition coefficient (Wildman–Crippen LogP) is 22.4. The van der Waals surface area contributed by atoms with Crippen LogP contribution >= 0.6 is 15.6 Å². The highest BCUT2D eigenvalue weighted by Gasteiger charge is 2.30. The van der Waals surface area contributed by atoms with Gasteiger partial charge in [0, 0.05) is 25.7 Å². The highest BCUT2D eigenvalue weighted by Crippen LogP contribution is 2.45. The normalized spacial score (nSPS) is 14.4. The summed E-state index contributed by atoms with van der Waals surface area (Å²) in [7, 11) is -9.92. The molecule has 0 aromatic carbocycles. The molecule has 17 nitrogen and oxygen atoms in total. The Labute approximate surface area is 608 Å². The molecule has 0 aliphatic heterocycles. The van der Waals surface area contributed by atoms with E-state index in [2.05, 4.69) is 130 Å². The summed E-state index contributed by atoms with van der Waals surface area (Å²) in [6.07, 6.45) is 78.5. The minimum atomic E-state index is -4.98. The van der Waals surface area contributed by atoms with Crippen LogP contribution in [0.3, 0.4) is 0 Å². The van der Waals surface area contributed by atoms with Crippen molar-refractivity contribution in [2.75, 3.05) is 39.6 Å². The van der Waals surface area contributed by atoms with Crippen LogP contribution in [0.1, 0.15) is 336 Å². The maximum atomic E-state index is 13.1. The molecule has 5 unspecified atom stereocenters. The van der Waals surface area contributed by atoms with E-state index in [1.54, 1.807) is 0 Å². The summed E-state index contributed by atoms with van der Waals surface area (Å²) < 4.78 is 63.1. The standard InChI is InChI=1S/C81H143NO16P2/c1-5-9-13-17-21-25-29-33-37-41-45-49-53-57-61-65-78(84)82-75(69-92-79(85)66-62-58-54-50-46-42-38-34-30-26-22-18-14-10-6-2)70-94-99(88,89)95-71-76(83)72-96-100(90,91)97-74-77(98-81(87)68-64-60-56-52-48-44-40-36-32-28-24-20-16-12-8-4)73-93-80(86)67-63-59-55-51-47-43-39-35-31-27-23-19-15-11-7-3/h25-32,37-44,75-77,83H,5-24,33-36,45-74H2,1-4H3,(H,82,84)(H,88,89)(H,90,91). The van der Waals surface area contributed by atoms with Crippen molar-refractivity contribution >= 4 is 39.5 Å². The molecule has 100 heavy (non-hydrogen) atoms. The first kappa shape index (κ1) is 96.0. The Balaban J connectivity index is 5.41. The second-order valence-electron chi connectivity index (χ2n) is 26.4. The van der Waals surface area contributed by atoms with E-state index in [1.165, 1.54) is 103 Å². The third kappa shape index (κ3) is 72.3. The van der Waals surface area contributed by atoms with Gasteiger partial charge in [0.15, 0.2) is 6.10 Å². The van der Waals surface area contributed by atoms with E-state index < -0.39 is 84.8 Å². The Kier molecular flexibility index (Phi) is 70.4. The molecular weight excluding hydrogens is 1300 g/mol. The van der Waals surface area contributed by atoms with Crippen LogP contribution in [0, 0.1) is 0 Å². The summed E-state index contributed by atoms with van der Waals surface area (Å²) in [6.45, 7) is 5.02. The summed E-state index contributed by atoms with van der Waals surface area (Å²) in [5, 5.41) is 13.4. The van der Waals surface area contributed by atoms with Gasteiger partial charge in [0.2, 0.25) is 5.91 Å². The Hall–Kier alpha value is -4.02. The number of allylic oxidation sites excluding steroid dienone is 16. The molecule has 5 atom stereocenters. The predicted molar refractivity (Wildman–Crippen MR) is 411 cm³/mol. The van der Waals surface area contributed by atoms with Gasteiger partial charge in [-0.1, -0.05) is 253 Å². The number of carbonyl (C=O) groups excluding carboxylic acids is 4. The second-order valence-corrected chi connectivity index (χ2v) is 29.3. The summed E-state index contributed by atoms with van der Waals surface area (Å²) in [5.41, 5.74) is 0. The average molecular weight is 1450 g/mol. The largest absolute Gasteiger partial charge is 0.472 e. The number of phosphoric ester groups is 2. The number of aliphatic hydroxyl groups is 1. The Morgan fingerprint density at radius 3 is 0.920 bits per heavy atom. The van der Waals surface area contributed by atoms with Crippen LogP contribution in [-0.4, -0.2) is 96.6 Å². The van der Waals surface area contributed by atoms with Crippen molar-refractivity contribution < 1.29 is 75.5 Å². The number of ether oxygens (including phenoxy) is 3. The first-order valence-corrected chi connectivity index (χ1v) is 42.6. The zero-order valence-corrected chi connectivity index (χ0v) is 65.0. The van der Waals surface area contributed by atoms with E-state index in [9.17, 15) is 43.2 Å². The maximum absolute atomic E-state index is 13.1. The highest BCUT2D eigenvalue weighted by molar-refractivity contribution is 7.47. The smallest absolute Gasteiger partial charge is 0.463 e. The third-order valence-electron chi connectivity index (χ3n) is 16.6. The van der Waals surface area contributed by atoms with Gasteiger partial charge in [-0.3, -0.25) is 37.3 Å². The number of hydrogen-bond acceptors (Lipinski definition) is 14. The van der Waals surface area contributed by atoms with Gasteiger partial charge in [0.05, 0.1) is 32.5 Å². The van der Waals surface area contributed by atoms with Crippen LogP contribution < -0.4 is 5.32 Å². The molecule has 0 fully saturated rings. The molecule has 1 amide bonds. The molecule has 578 valence electrons. The van der Waals surface area contributed by atoms with Crippen LogP contribution in [0.25, 0.3) is 0 Å². The van der Waals surface area contributed by atoms with Gasteiger partial charge in [0.1, 0.15) is 19.3 Å². The molecule has 0 bridgehead atoms. The first-order valence-electron chi connectivity index (χ1n) is 39.6. The van der Waals surface area contributed by atoms with Crippen LogP contribution in [0.15, 0.2) is 97.2 Å². The van der Waals surface area contributed by atoms with Crippen molar-refractivity contribution in [2.45, 2.75) is 354 Å². The number of esters is 3. The van der Waals surface area contributed by atoms with Crippen molar-refractivity contribution in [2.24, 2.45) is 0 Å². The van der Waals surface area contributed by atoms with E-state index in [0.717, 1.165) is 154 Å². The maximum Gasteiger partial charge on any atom is 0.472 e. The van der Waals surface area contributed by atoms with Crippen LogP contribution in [-0.2, 0) is 60.6 Å². The fraction of sp³-hybridized carbons (Fsp3) is 0.753. The van der Waals surface area contributed by atoms with Gasteiger partial charge in [-0.2, -0.15) is 0 Å². The van der Waals surface area contributed by atoms with Crippen molar-refractivity contribution in [3.05, 3.63) is 97.2 Å². The number of unbranched alkanes of at least 4 members (excludes halogenated alkanes) is 32. The van der Waals surface area contributed by atoms with Gasteiger partial charge in [-0.05, 0) is 154 Å². The molecule has 0 spiro atoms. The molecule has 0 heterocycles. The molecule has 0 saturated heterocycles. The highest BCUT2D eigenvalue weighted by atomic mass is 31.2. The van der Waals surface area contributed by atoms with Crippen molar-refractivity contribution in [1.82, 2.24) is 5.32 Å². The zero-order chi connectivity index (χ0) is 73.2. The van der Waals surface area contributed by atoms with E-state index >= 15 is 0 Å². The molecule has 0 saturated carbocycles. The van der Waals surface area contributed by atoms with Gasteiger partial charge in [-0.25, -0.2) is 9.13 Å². The number of nitrogens with one attached hydrogen (secondary N) is 1. The molecule has 0 aliphatic carbocycles. The van der Waals surface area contributed by atoms with Gasteiger partial charge < -0.3 is 34.4 Å². The van der Waals surface area contributed by atoms with Crippen molar-refractivity contribution in [3.8, 4) is 0 Å². The van der Waals surface area contributed by atoms with Gasteiger partial charge >= 0.3 is 33.6 Å². The number of phosphoric acid groups is 2. The number of hydrogen-bond donors (Lipinski definition) is 4. The fourth-order valence-corrected chi connectivity index (χ4v) is 12.1. The third-order valence-corrected chi connectivity index (χ3v) is 18.5. The van der Waals surface area contributed by atoms with Crippen LogP contribution in [0.4, 0.5) is 0 Å². The number of rotatable bonds is 74. The summed E-state index contributed by atoms with van der Waals surface area (Å²) >= 11 is 0. The number of aliphatic hydroxyl groups excluding tert-OH is 1. The van der Waals surface area contributed by atoms with Crippen LogP contribution in [0.5, 0.6) is 0 Å². The molecule has 0 aliphatic rings. The lowest BCUT2D eigenvalue weighted by Gasteiger charge is -2.22. The minimum absolute atomic E-state index is 0.0722. The van der Waals surface area contributed by atoms with Crippen molar-refractivity contribution in [3.63, 3.8) is 0 Å². The Morgan fingerprint density at radius 2 is 0.590 bits per heavy atom. The lowest BCUT2D eigenvalue weighted by atomic mass is 10.1. The molecule has 0 aromatic heterocycles.